The predicted octanol–water partition coefficient (Wildman–Crippen LogP) is 5.55. The Hall–Kier alpha value is -7.10. The van der Waals surface area contributed by atoms with Gasteiger partial charge in [-0.3, -0.25) is 57.5 Å². The number of alkyl halides is 3. The Balaban J connectivity index is 1.17. The molecule has 7 aliphatic rings. The molecule has 3 saturated carbocycles. The molecule has 568 valence electrons. The molecule has 1 aromatic carbocycles. The minimum atomic E-state index is -4.76. The van der Waals surface area contributed by atoms with Gasteiger partial charge in [-0.2, -0.15) is 13.2 Å². The molecule has 0 aromatic heterocycles. The van der Waals surface area contributed by atoms with Gasteiger partial charge in [-0.15, -0.1) is 0 Å². The third kappa shape index (κ3) is 18.7. The number of ether oxygens (including phenoxy) is 1. The molecule has 3 N–H and O–H groups in total. The van der Waals surface area contributed by atoms with E-state index in [1.54, 1.807) is 25.7 Å². The van der Waals surface area contributed by atoms with Crippen molar-refractivity contribution in [2.45, 2.75) is 254 Å². The van der Waals surface area contributed by atoms with Crippen molar-refractivity contribution in [1.82, 2.24) is 60.0 Å². The molecule has 4 heterocycles. The number of likely N-dealkylation sites (tertiary alicyclic amines) is 1. The SMILES string of the molecule is CC[C@H](C)[C@@H]1NC(=O)[C@H](COC2CCC2)N(C)C(=O)C[C@@H](C(=O)N2CCCCC2)N(C)C(=O)[C@H](C(C)C)N(C)C(=O)C2(CCCC2)NC(=O)[C@@H]2CCCN2C(=O)[C@H](CCc2ccc(C(F)(F)F)c(Cl)c2)NC(=O)CN(C)C(=O)[C@H](CC2CCCCC2)N(C)C(=O)[C@@H]2CCN2C(=O)[C@H](C)N(C)C1=O. The van der Waals surface area contributed by atoms with Crippen molar-refractivity contribution in [2.75, 3.05) is 81.6 Å². The number of likely N-dealkylation sites (N-methyl/N-ethyl adjacent to an activating group) is 6. The Morgan fingerprint density at radius 3 is 1.88 bits per heavy atom. The van der Waals surface area contributed by atoms with Gasteiger partial charge in [-0.25, -0.2) is 0 Å². The quantitative estimate of drug-likeness (QED) is 0.232. The van der Waals surface area contributed by atoms with Crippen molar-refractivity contribution in [3.8, 4) is 0 Å². The Morgan fingerprint density at radius 1 is 0.647 bits per heavy atom. The molecule has 7 fully saturated rings. The van der Waals surface area contributed by atoms with Crippen LogP contribution in [-0.4, -0.2) is 263 Å². The molecule has 4 saturated heterocycles. The minimum Gasteiger partial charge on any atom is -0.376 e. The lowest BCUT2D eigenvalue weighted by Crippen LogP contribution is -2.65. The van der Waals surface area contributed by atoms with Crippen LogP contribution in [0.25, 0.3) is 0 Å². The third-order valence-electron chi connectivity index (χ3n) is 23.0. The molecule has 10 atom stereocenters. The summed E-state index contributed by atoms with van der Waals surface area (Å²) in [4.78, 5) is 192. The number of nitrogens with zero attached hydrogens (tertiary/aromatic N) is 9. The number of hydrogen-bond acceptors (Lipinski definition) is 13. The largest absolute Gasteiger partial charge is 0.417 e. The van der Waals surface area contributed by atoms with Crippen molar-refractivity contribution in [2.24, 2.45) is 17.8 Å². The first-order valence-electron chi connectivity index (χ1n) is 37.1. The van der Waals surface area contributed by atoms with E-state index >= 15 is 38.4 Å². The smallest absolute Gasteiger partial charge is 0.376 e. The van der Waals surface area contributed by atoms with Crippen LogP contribution in [0.1, 0.15) is 187 Å². The zero-order valence-electron chi connectivity index (χ0n) is 61.6. The molecule has 1 aromatic rings. The maximum absolute atomic E-state index is 15.5. The monoisotopic (exact) mass is 1450 g/mol. The van der Waals surface area contributed by atoms with Crippen LogP contribution in [0.5, 0.6) is 0 Å². The van der Waals surface area contributed by atoms with E-state index in [4.69, 9.17) is 16.3 Å². The zero-order valence-corrected chi connectivity index (χ0v) is 62.3. The van der Waals surface area contributed by atoms with Gasteiger partial charge in [0, 0.05) is 68.5 Å². The van der Waals surface area contributed by atoms with Gasteiger partial charge in [-0.05, 0) is 132 Å². The number of aryl methyl sites for hydroxylation is 1. The van der Waals surface area contributed by atoms with Crippen LogP contribution in [-0.2, 0) is 74.9 Å². The molecule has 29 heteroatoms. The number of piperidine rings is 1. The van der Waals surface area contributed by atoms with Gasteiger partial charge in [0.25, 0.3) is 0 Å². The highest BCUT2D eigenvalue weighted by molar-refractivity contribution is 6.31. The van der Waals surface area contributed by atoms with E-state index in [1.807, 2.05) is 6.92 Å². The van der Waals surface area contributed by atoms with Gasteiger partial charge in [0.2, 0.25) is 70.9 Å². The number of benzene rings is 1. The molecule has 25 nitrogen and oxygen atoms in total. The van der Waals surface area contributed by atoms with E-state index < -0.39 is 172 Å². The molecule has 8 rings (SSSR count). The number of halogens is 4. The normalized spacial score (nSPS) is 28.3. The summed E-state index contributed by atoms with van der Waals surface area (Å²) >= 11 is 6.16. The molecule has 12 amide bonds. The summed E-state index contributed by atoms with van der Waals surface area (Å²) in [5.41, 5.74) is -2.37. The first kappa shape index (κ1) is 80.6. The highest BCUT2D eigenvalue weighted by Gasteiger charge is 2.52. The Labute approximate surface area is 603 Å². The molecule has 0 unspecified atom stereocenters. The lowest BCUT2D eigenvalue weighted by atomic mass is 9.84. The van der Waals surface area contributed by atoms with E-state index in [0.29, 0.717) is 70.0 Å². The topological polar surface area (TPSA) is 279 Å². The van der Waals surface area contributed by atoms with Crippen LogP contribution in [0.2, 0.25) is 5.02 Å². The number of hydrogen-bond donors (Lipinski definition) is 3. The van der Waals surface area contributed by atoms with Crippen LogP contribution in [0.4, 0.5) is 13.2 Å². The Morgan fingerprint density at radius 2 is 1.29 bits per heavy atom. The maximum atomic E-state index is 15.5. The van der Waals surface area contributed by atoms with E-state index in [2.05, 4.69) is 16.0 Å². The molecule has 0 bridgehead atoms. The van der Waals surface area contributed by atoms with Crippen molar-refractivity contribution in [3.63, 3.8) is 0 Å². The van der Waals surface area contributed by atoms with Gasteiger partial charge in [0.1, 0.15) is 59.9 Å². The summed E-state index contributed by atoms with van der Waals surface area (Å²) in [5, 5.41) is 8.14. The summed E-state index contributed by atoms with van der Waals surface area (Å²) in [6, 6.07) is -8.14. The average molecular weight is 1460 g/mol. The van der Waals surface area contributed by atoms with Gasteiger partial charge < -0.3 is 64.8 Å². The average Bonchev–Trinajstić information content (AvgIpc) is 1.73. The number of carbonyl (C=O) groups is 12. The third-order valence-corrected chi connectivity index (χ3v) is 23.3. The fourth-order valence-corrected chi connectivity index (χ4v) is 16.1. The second-order valence-corrected chi connectivity index (χ2v) is 30.6. The number of amides is 12. The van der Waals surface area contributed by atoms with E-state index in [-0.39, 0.29) is 76.7 Å². The van der Waals surface area contributed by atoms with Crippen molar-refractivity contribution in [1.29, 1.82) is 0 Å². The first-order chi connectivity index (χ1) is 48.2. The first-order valence-corrected chi connectivity index (χ1v) is 37.5. The molecule has 1 spiro atoms. The van der Waals surface area contributed by atoms with Gasteiger partial charge in [-0.1, -0.05) is 96.7 Å². The minimum absolute atomic E-state index is 0.0182. The number of fused-ring (bicyclic) bond motifs is 2. The summed E-state index contributed by atoms with van der Waals surface area (Å²) < 4.78 is 47.9. The maximum Gasteiger partial charge on any atom is 0.417 e. The molecule has 0 radical (unpaired) electrons. The fourth-order valence-electron chi connectivity index (χ4n) is 15.8. The standard InChI is InChI=1S/C73H110ClF3N12O13/c1-12-45(4)60-69(99)82(7)46(5)64(94)89-38-32-54(89)67(97)84(9)55(40-47-23-15-13-16-24-47)66(96)81(6)42-58(90)78-52(31-29-48-28-30-50(51(74)39-48)73(75,76)77)65(95)88-37-22-27-53(88)63(93)80-72(33-17-18-34-72)71(101)86(11)61(44(2)3)70(100)85(10)56(68(98)87-35-19-14-20-36-87)41-59(91)83(8)57(62(92)79-60)43-102-49-25-21-26-49/h28,30,39,44-47,49,52-57,60-61H,12-27,29,31-38,40-43H2,1-11H3,(H,78,90)(H,79,92)(H,80,93)/t45-,46-,52-,53-,54-,55-,56-,57-,60-,61-/m0/s1. The molecular formula is C73H110ClF3N12O13. The number of nitrogens with one attached hydrogen (secondary N) is 3. The molecule has 3 aliphatic carbocycles. The second kappa shape index (κ2) is 35.1. The van der Waals surface area contributed by atoms with Crippen molar-refractivity contribution in [3.05, 3.63) is 34.3 Å². The summed E-state index contributed by atoms with van der Waals surface area (Å²) in [6.45, 7) is 8.54. The van der Waals surface area contributed by atoms with Crippen molar-refractivity contribution >= 4 is 82.5 Å². The van der Waals surface area contributed by atoms with E-state index in [0.717, 1.165) is 62.0 Å². The highest BCUT2D eigenvalue weighted by atomic mass is 35.5. The van der Waals surface area contributed by atoms with Gasteiger partial charge in [0.05, 0.1) is 36.3 Å². The Kier molecular flexibility index (Phi) is 27.7. The van der Waals surface area contributed by atoms with Crippen LogP contribution >= 0.6 is 11.6 Å². The van der Waals surface area contributed by atoms with Gasteiger partial charge in [0.15, 0.2) is 0 Å². The number of carbonyl (C=O) groups excluding carboxylic acids is 12. The van der Waals surface area contributed by atoms with E-state index in [9.17, 15) is 32.3 Å². The second-order valence-electron chi connectivity index (χ2n) is 30.2. The number of rotatable bonds is 12. The van der Waals surface area contributed by atoms with Crippen LogP contribution in [0.15, 0.2) is 18.2 Å². The highest BCUT2D eigenvalue weighted by Crippen LogP contribution is 2.38. The summed E-state index contributed by atoms with van der Waals surface area (Å²) in [7, 11) is 8.54. The summed E-state index contributed by atoms with van der Waals surface area (Å²) in [5.74, 6) is -8.97. The molecule has 4 aliphatic heterocycles. The van der Waals surface area contributed by atoms with Gasteiger partial charge >= 0.3 is 6.18 Å². The predicted molar refractivity (Wildman–Crippen MR) is 373 cm³/mol. The summed E-state index contributed by atoms with van der Waals surface area (Å²) in [6.07, 6.45) is 5.61. The van der Waals surface area contributed by atoms with E-state index in [1.165, 1.54) is 89.6 Å². The lowest BCUT2D eigenvalue weighted by molar-refractivity contribution is -0.160. The lowest BCUT2D eigenvalue weighted by Gasteiger charge is -2.45. The zero-order chi connectivity index (χ0) is 74.8. The van der Waals surface area contributed by atoms with Crippen molar-refractivity contribution < 1.29 is 75.4 Å². The van der Waals surface area contributed by atoms with Crippen LogP contribution < -0.4 is 16.0 Å². The fraction of sp³-hybridized carbons (Fsp3) is 0.753. The molecule has 102 heavy (non-hydrogen) atoms. The molecular weight excluding hydrogens is 1350 g/mol. The Bertz CT molecular complexity index is 3230. The van der Waals surface area contributed by atoms with Crippen LogP contribution in [0, 0.1) is 17.8 Å². The van der Waals surface area contributed by atoms with Crippen LogP contribution in [0.3, 0.4) is 0 Å².